The molecule has 0 aromatic heterocycles. The second-order valence-electron chi connectivity index (χ2n) is 3.99. The predicted octanol–water partition coefficient (Wildman–Crippen LogP) is 2.18. The molecule has 4 heteroatoms. The molecule has 1 saturated carbocycles. The fourth-order valence-corrected chi connectivity index (χ4v) is 2.11. The van der Waals surface area contributed by atoms with Crippen molar-refractivity contribution in [2.45, 2.75) is 51.0 Å². The minimum absolute atomic E-state index is 0. The van der Waals surface area contributed by atoms with E-state index < -0.39 is 5.97 Å². The fraction of sp³-hybridized carbons (Fsp3) is 0.900. The van der Waals surface area contributed by atoms with Crippen LogP contribution in [0, 0.1) is 5.92 Å². The maximum atomic E-state index is 10.2. The molecule has 1 aliphatic rings. The van der Waals surface area contributed by atoms with E-state index in [2.05, 4.69) is 0 Å². The van der Waals surface area contributed by atoms with Crippen molar-refractivity contribution in [3.63, 3.8) is 0 Å². The van der Waals surface area contributed by atoms with Gasteiger partial charge in [-0.05, 0) is 31.6 Å². The van der Waals surface area contributed by atoms with Crippen molar-refractivity contribution in [2.75, 3.05) is 0 Å². The van der Waals surface area contributed by atoms with Gasteiger partial charge in [-0.25, -0.2) is 0 Å². The Bertz CT molecular complexity index is 176. The van der Waals surface area contributed by atoms with Crippen LogP contribution in [0.4, 0.5) is 0 Å². The van der Waals surface area contributed by atoms with Crippen molar-refractivity contribution in [3.05, 3.63) is 0 Å². The Kier molecular flexibility index (Phi) is 6.93. The summed E-state index contributed by atoms with van der Waals surface area (Å²) in [4.78, 5) is 10.2. The molecule has 84 valence electrons. The van der Waals surface area contributed by atoms with Gasteiger partial charge < -0.3 is 10.8 Å². The van der Waals surface area contributed by atoms with Gasteiger partial charge in [0.1, 0.15) is 0 Å². The Morgan fingerprint density at radius 3 is 2.57 bits per heavy atom. The van der Waals surface area contributed by atoms with Crippen molar-refractivity contribution in [2.24, 2.45) is 11.7 Å². The lowest BCUT2D eigenvalue weighted by molar-refractivity contribution is -0.137. The van der Waals surface area contributed by atoms with E-state index in [0.717, 1.165) is 25.7 Å². The van der Waals surface area contributed by atoms with Gasteiger partial charge in [-0.3, -0.25) is 4.79 Å². The molecule has 14 heavy (non-hydrogen) atoms. The lowest BCUT2D eigenvalue weighted by atomic mass is 9.97. The average Bonchev–Trinajstić information content (AvgIpc) is 2.45. The molecule has 0 aliphatic heterocycles. The van der Waals surface area contributed by atoms with Crippen LogP contribution < -0.4 is 5.73 Å². The zero-order valence-electron chi connectivity index (χ0n) is 8.45. The summed E-state index contributed by atoms with van der Waals surface area (Å²) in [5.41, 5.74) is 5.90. The van der Waals surface area contributed by atoms with Crippen molar-refractivity contribution >= 4 is 18.4 Å². The van der Waals surface area contributed by atoms with Crippen LogP contribution in [0.15, 0.2) is 0 Å². The second kappa shape index (κ2) is 7.07. The van der Waals surface area contributed by atoms with E-state index >= 15 is 0 Å². The molecule has 0 bridgehead atoms. The van der Waals surface area contributed by atoms with Crippen LogP contribution in [-0.2, 0) is 4.79 Å². The van der Waals surface area contributed by atoms with E-state index in [-0.39, 0.29) is 12.4 Å². The van der Waals surface area contributed by atoms with Crippen LogP contribution in [0.2, 0.25) is 0 Å². The third kappa shape index (κ3) is 4.82. The first-order valence-electron chi connectivity index (χ1n) is 5.17. The summed E-state index contributed by atoms with van der Waals surface area (Å²) in [6, 6.07) is 0.379. The highest BCUT2D eigenvalue weighted by Crippen LogP contribution is 2.28. The van der Waals surface area contributed by atoms with E-state index in [1.54, 1.807) is 0 Å². The number of unbranched alkanes of at least 4 members (excludes halogenated alkanes) is 1. The van der Waals surface area contributed by atoms with E-state index in [1.807, 2.05) is 0 Å². The Morgan fingerprint density at radius 2 is 2.07 bits per heavy atom. The van der Waals surface area contributed by atoms with Gasteiger partial charge in [-0.1, -0.05) is 12.8 Å². The van der Waals surface area contributed by atoms with Gasteiger partial charge in [0.15, 0.2) is 0 Å². The highest BCUT2D eigenvalue weighted by molar-refractivity contribution is 5.85. The standard InChI is InChI=1S/C10H19NO2.ClH/c11-9-6-3-5-8(9)4-1-2-7-10(12)13;/h8-9H,1-7,11H2,(H,12,13);1H. The molecule has 3 N–H and O–H groups in total. The molecule has 0 heterocycles. The summed E-state index contributed by atoms with van der Waals surface area (Å²) in [5, 5.41) is 8.43. The molecule has 0 radical (unpaired) electrons. The Labute approximate surface area is 91.5 Å². The van der Waals surface area contributed by atoms with Crippen LogP contribution in [0.25, 0.3) is 0 Å². The van der Waals surface area contributed by atoms with E-state index in [4.69, 9.17) is 10.8 Å². The molecule has 2 unspecified atom stereocenters. The normalized spacial score (nSPS) is 25.8. The molecule has 3 nitrogen and oxygen atoms in total. The summed E-state index contributed by atoms with van der Waals surface area (Å²) < 4.78 is 0. The predicted molar refractivity (Wildman–Crippen MR) is 58.7 cm³/mol. The monoisotopic (exact) mass is 221 g/mol. The lowest BCUT2D eigenvalue weighted by Gasteiger charge is -2.14. The second-order valence-corrected chi connectivity index (χ2v) is 3.99. The summed E-state index contributed by atoms with van der Waals surface area (Å²) in [6.45, 7) is 0. The number of hydrogen-bond acceptors (Lipinski definition) is 2. The molecule has 1 rings (SSSR count). The minimum atomic E-state index is -0.685. The zero-order chi connectivity index (χ0) is 9.68. The van der Waals surface area contributed by atoms with Gasteiger partial charge in [0.05, 0.1) is 0 Å². The van der Waals surface area contributed by atoms with E-state index in [1.165, 1.54) is 12.8 Å². The fourth-order valence-electron chi connectivity index (χ4n) is 2.11. The summed E-state index contributed by atoms with van der Waals surface area (Å²) in [5.74, 6) is -0.0236. The molecule has 0 aromatic carbocycles. The Morgan fingerprint density at radius 1 is 1.36 bits per heavy atom. The maximum Gasteiger partial charge on any atom is 0.303 e. The van der Waals surface area contributed by atoms with Crippen molar-refractivity contribution in [3.8, 4) is 0 Å². The largest absolute Gasteiger partial charge is 0.481 e. The number of halogens is 1. The van der Waals surface area contributed by atoms with Gasteiger partial charge >= 0.3 is 5.97 Å². The summed E-state index contributed by atoms with van der Waals surface area (Å²) >= 11 is 0. The van der Waals surface area contributed by atoms with Crippen molar-refractivity contribution in [1.82, 2.24) is 0 Å². The smallest absolute Gasteiger partial charge is 0.303 e. The SMILES string of the molecule is Cl.NC1CCCC1CCCCC(=O)O. The first-order valence-corrected chi connectivity index (χ1v) is 5.17. The van der Waals surface area contributed by atoms with Crippen LogP contribution in [-0.4, -0.2) is 17.1 Å². The Balaban J connectivity index is 0.00000169. The quantitative estimate of drug-likeness (QED) is 0.700. The highest BCUT2D eigenvalue weighted by Gasteiger charge is 2.22. The average molecular weight is 222 g/mol. The number of carboxylic acids is 1. The molecule has 0 amide bonds. The number of hydrogen-bond donors (Lipinski definition) is 2. The highest BCUT2D eigenvalue weighted by atomic mass is 35.5. The third-order valence-electron chi connectivity index (χ3n) is 2.93. The van der Waals surface area contributed by atoms with E-state index in [0.29, 0.717) is 18.4 Å². The number of rotatable bonds is 5. The number of nitrogens with two attached hydrogens (primary N) is 1. The number of carbonyl (C=O) groups is 1. The number of aliphatic carboxylic acids is 1. The van der Waals surface area contributed by atoms with Crippen LogP contribution in [0.1, 0.15) is 44.9 Å². The summed E-state index contributed by atoms with van der Waals surface area (Å²) in [7, 11) is 0. The van der Waals surface area contributed by atoms with Gasteiger partial charge in [0.25, 0.3) is 0 Å². The molecular weight excluding hydrogens is 202 g/mol. The molecule has 1 aliphatic carbocycles. The zero-order valence-corrected chi connectivity index (χ0v) is 9.26. The maximum absolute atomic E-state index is 10.2. The van der Waals surface area contributed by atoms with Gasteiger partial charge in [0, 0.05) is 12.5 Å². The molecule has 0 saturated heterocycles. The van der Waals surface area contributed by atoms with Gasteiger partial charge in [-0.15, -0.1) is 12.4 Å². The van der Waals surface area contributed by atoms with Crippen LogP contribution in [0.5, 0.6) is 0 Å². The van der Waals surface area contributed by atoms with Crippen molar-refractivity contribution < 1.29 is 9.90 Å². The number of carboxylic acid groups (broad SMARTS) is 1. The molecule has 1 fully saturated rings. The first kappa shape index (κ1) is 13.7. The molecule has 0 spiro atoms. The first-order chi connectivity index (χ1) is 6.20. The lowest BCUT2D eigenvalue weighted by Crippen LogP contribution is -2.24. The third-order valence-corrected chi connectivity index (χ3v) is 2.93. The van der Waals surface area contributed by atoms with Crippen LogP contribution in [0.3, 0.4) is 0 Å². The molecular formula is C10H20ClNO2. The van der Waals surface area contributed by atoms with Gasteiger partial charge in [0.2, 0.25) is 0 Å². The topological polar surface area (TPSA) is 63.3 Å². The molecule has 2 atom stereocenters. The van der Waals surface area contributed by atoms with E-state index in [9.17, 15) is 4.79 Å². The Hall–Kier alpha value is -0.280. The molecule has 0 aromatic rings. The minimum Gasteiger partial charge on any atom is -0.481 e. The van der Waals surface area contributed by atoms with Gasteiger partial charge in [-0.2, -0.15) is 0 Å². The summed E-state index contributed by atoms with van der Waals surface area (Å²) in [6.07, 6.45) is 6.90. The van der Waals surface area contributed by atoms with Crippen molar-refractivity contribution in [1.29, 1.82) is 0 Å². The van der Waals surface area contributed by atoms with Crippen LogP contribution >= 0.6 is 12.4 Å².